The number of fused-ring (bicyclic) bond motifs is 2. The van der Waals surface area contributed by atoms with Gasteiger partial charge in [0, 0.05) is 22.6 Å². The Morgan fingerprint density at radius 1 is 1.39 bits per heavy atom. The standard InChI is InChI=1S/C22H31N3O6S2/c1-21-7-6-17(27)22(2,12-26)16(21)10-15-19(24-20(32-15)25-33(3,29)30)14(21)9-18(28)23-11-13-5-4-8-31-13/h4-5,8,14,16-17,26-27H,6-7,9-12H2,1-3H3,(H,23,28)(H,24,25). The maximum Gasteiger partial charge on any atom is 0.231 e. The van der Waals surface area contributed by atoms with E-state index in [0.29, 0.717) is 25.0 Å². The van der Waals surface area contributed by atoms with E-state index in [0.717, 1.165) is 16.8 Å². The van der Waals surface area contributed by atoms with Gasteiger partial charge in [0.25, 0.3) is 0 Å². The van der Waals surface area contributed by atoms with E-state index in [1.807, 2.05) is 6.92 Å². The molecular weight excluding hydrogens is 466 g/mol. The van der Waals surface area contributed by atoms with Gasteiger partial charge in [0.1, 0.15) is 5.76 Å². The number of aliphatic hydroxyl groups excluding tert-OH is 2. The number of nitrogens with zero attached hydrogens (tertiary/aromatic N) is 1. The lowest BCUT2D eigenvalue weighted by Crippen LogP contribution is -2.57. The van der Waals surface area contributed by atoms with Crippen molar-refractivity contribution in [3.63, 3.8) is 0 Å². The summed E-state index contributed by atoms with van der Waals surface area (Å²) in [6, 6.07) is 3.55. The molecule has 33 heavy (non-hydrogen) atoms. The van der Waals surface area contributed by atoms with Crippen molar-refractivity contribution in [2.24, 2.45) is 16.7 Å². The molecule has 2 aliphatic carbocycles. The third-order valence-corrected chi connectivity index (χ3v) is 9.30. The Kier molecular flexibility index (Phi) is 6.36. The second-order valence-corrected chi connectivity index (χ2v) is 12.6. The van der Waals surface area contributed by atoms with Gasteiger partial charge in [-0.15, -0.1) is 11.3 Å². The molecule has 5 atom stereocenters. The van der Waals surface area contributed by atoms with Gasteiger partial charge in [-0.1, -0.05) is 13.8 Å². The lowest BCUT2D eigenvalue weighted by molar-refractivity contribution is -0.144. The van der Waals surface area contributed by atoms with E-state index in [2.05, 4.69) is 21.9 Å². The summed E-state index contributed by atoms with van der Waals surface area (Å²) in [7, 11) is -3.50. The minimum Gasteiger partial charge on any atom is -0.467 e. The molecule has 5 unspecified atom stereocenters. The Balaban J connectivity index is 1.69. The van der Waals surface area contributed by atoms with E-state index in [-0.39, 0.29) is 42.4 Å². The largest absolute Gasteiger partial charge is 0.467 e. The first kappa shape index (κ1) is 24.2. The predicted octanol–water partition coefficient (Wildman–Crippen LogP) is 2.23. The van der Waals surface area contributed by atoms with Crippen molar-refractivity contribution >= 4 is 32.4 Å². The van der Waals surface area contributed by atoms with Crippen LogP contribution in [0.3, 0.4) is 0 Å². The minimum absolute atomic E-state index is 0.0966. The van der Waals surface area contributed by atoms with Crippen LogP contribution in [0.2, 0.25) is 0 Å². The van der Waals surface area contributed by atoms with E-state index in [1.54, 1.807) is 18.4 Å². The highest BCUT2D eigenvalue weighted by atomic mass is 32.2. The molecule has 0 saturated heterocycles. The van der Waals surface area contributed by atoms with Crippen molar-refractivity contribution < 1.29 is 27.8 Å². The molecular formula is C22H31N3O6S2. The van der Waals surface area contributed by atoms with Crippen LogP contribution in [0.5, 0.6) is 0 Å². The number of amides is 1. The molecule has 1 fully saturated rings. The van der Waals surface area contributed by atoms with E-state index >= 15 is 0 Å². The Morgan fingerprint density at radius 2 is 2.15 bits per heavy atom. The smallest absolute Gasteiger partial charge is 0.231 e. The van der Waals surface area contributed by atoms with E-state index in [9.17, 15) is 23.4 Å². The van der Waals surface area contributed by atoms with Crippen LogP contribution in [0, 0.1) is 16.7 Å². The number of hydrogen-bond donors (Lipinski definition) is 4. The van der Waals surface area contributed by atoms with Crippen molar-refractivity contribution in [3.05, 3.63) is 34.7 Å². The van der Waals surface area contributed by atoms with Gasteiger partial charge in [0.15, 0.2) is 5.13 Å². The highest BCUT2D eigenvalue weighted by Gasteiger charge is 2.59. The van der Waals surface area contributed by atoms with Gasteiger partial charge in [0.05, 0.1) is 37.5 Å². The Bertz CT molecular complexity index is 1120. The van der Waals surface area contributed by atoms with Crippen LogP contribution in [-0.2, 0) is 27.8 Å². The molecule has 4 rings (SSSR count). The minimum atomic E-state index is -3.50. The summed E-state index contributed by atoms with van der Waals surface area (Å²) in [6.07, 6.45) is 3.90. The molecule has 0 spiro atoms. The molecule has 2 heterocycles. The van der Waals surface area contributed by atoms with Gasteiger partial charge in [0.2, 0.25) is 15.9 Å². The number of sulfonamides is 1. The van der Waals surface area contributed by atoms with Crippen molar-refractivity contribution in [2.75, 3.05) is 17.6 Å². The molecule has 1 amide bonds. The van der Waals surface area contributed by atoms with Gasteiger partial charge in [-0.2, -0.15) is 0 Å². The zero-order chi connectivity index (χ0) is 24.0. The highest BCUT2D eigenvalue weighted by molar-refractivity contribution is 7.92. The molecule has 11 heteroatoms. The second kappa shape index (κ2) is 8.68. The maximum atomic E-state index is 13.0. The molecule has 182 valence electrons. The number of carbonyl (C=O) groups excluding carboxylic acids is 1. The summed E-state index contributed by atoms with van der Waals surface area (Å²) in [5, 5.41) is 24.2. The summed E-state index contributed by atoms with van der Waals surface area (Å²) in [5.74, 6) is 0.110. The Hall–Kier alpha value is -1.95. The summed E-state index contributed by atoms with van der Waals surface area (Å²) >= 11 is 1.26. The van der Waals surface area contributed by atoms with E-state index in [4.69, 9.17) is 4.42 Å². The normalized spacial score (nSPS) is 31.5. The molecule has 0 aromatic carbocycles. The zero-order valence-corrected chi connectivity index (χ0v) is 20.6. The van der Waals surface area contributed by atoms with Gasteiger partial charge < -0.3 is 19.9 Å². The lowest BCUT2D eigenvalue weighted by Gasteiger charge is -2.58. The van der Waals surface area contributed by atoms with Crippen molar-refractivity contribution in [2.45, 2.75) is 58.1 Å². The fourth-order valence-electron chi connectivity index (χ4n) is 5.70. The molecule has 2 aromatic heterocycles. The number of thiazole rings is 1. The average molecular weight is 498 g/mol. The molecule has 0 aliphatic heterocycles. The van der Waals surface area contributed by atoms with Crippen LogP contribution in [0.1, 0.15) is 55.4 Å². The third kappa shape index (κ3) is 4.55. The Labute approximate surface area is 197 Å². The van der Waals surface area contributed by atoms with Gasteiger partial charge in [-0.05, 0) is 42.7 Å². The van der Waals surface area contributed by atoms with Gasteiger partial charge in [-0.3, -0.25) is 9.52 Å². The van der Waals surface area contributed by atoms with Gasteiger partial charge in [-0.25, -0.2) is 13.4 Å². The quantitative estimate of drug-likeness (QED) is 0.459. The number of rotatable bonds is 7. The predicted molar refractivity (Wildman–Crippen MR) is 124 cm³/mol. The highest BCUT2D eigenvalue weighted by Crippen LogP contribution is 2.62. The first-order valence-electron chi connectivity index (χ1n) is 11.0. The number of anilines is 1. The number of hydrogen-bond acceptors (Lipinski definition) is 8. The fraction of sp³-hybridized carbons (Fsp3) is 0.636. The molecule has 0 bridgehead atoms. The zero-order valence-electron chi connectivity index (χ0n) is 19.0. The fourth-order valence-corrected chi connectivity index (χ4v) is 7.61. The Morgan fingerprint density at radius 3 is 2.79 bits per heavy atom. The first-order valence-corrected chi connectivity index (χ1v) is 13.7. The van der Waals surface area contributed by atoms with Crippen LogP contribution < -0.4 is 10.0 Å². The number of aliphatic hydroxyl groups is 2. The second-order valence-electron chi connectivity index (χ2n) is 9.80. The SMILES string of the molecule is CC1(CO)C(O)CCC2(C)C(CC(=O)NCc3ccco3)c3nc(NS(C)(=O)=O)sc3CC12. The average Bonchev–Trinajstić information content (AvgIpc) is 3.39. The van der Waals surface area contributed by atoms with Gasteiger partial charge >= 0.3 is 0 Å². The van der Waals surface area contributed by atoms with E-state index < -0.39 is 27.0 Å². The topological polar surface area (TPSA) is 142 Å². The lowest BCUT2D eigenvalue weighted by atomic mass is 9.47. The molecule has 2 aromatic rings. The van der Waals surface area contributed by atoms with Crippen LogP contribution >= 0.6 is 11.3 Å². The summed E-state index contributed by atoms with van der Waals surface area (Å²) in [5.41, 5.74) is -0.404. The maximum absolute atomic E-state index is 13.0. The van der Waals surface area contributed by atoms with Crippen molar-refractivity contribution in [1.82, 2.24) is 10.3 Å². The van der Waals surface area contributed by atoms with Crippen molar-refractivity contribution in [3.8, 4) is 0 Å². The molecule has 2 aliphatic rings. The number of aromatic nitrogens is 1. The first-order chi connectivity index (χ1) is 15.5. The van der Waals surface area contributed by atoms with Crippen LogP contribution in [-0.4, -0.2) is 48.5 Å². The van der Waals surface area contributed by atoms with Crippen molar-refractivity contribution in [1.29, 1.82) is 0 Å². The van der Waals surface area contributed by atoms with Crippen LogP contribution in [0.4, 0.5) is 5.13 Å². The monoisotopic (exact) mass is 497 g/mol. The summed E-state index contributed by atoms with van der Waals surface area (Å²) in [4.78, 5) is 18.5. The molecule has 9 nitrogen and oxygen atoms in total. The third-order valence-electron chi connectivity index (χ3n) is 7.60. The molecule has 1 saturated carbocycles. The molecule has 0 radical (unpaired) electrons. The molecule has 4 N–H and O–H groups in total. The number of nitrogens with one attached hydrogen (secondary N) is 2. The number of carbonyl (C=O) groups is 1. The van der Waals surface area contributed by atoms with Crippen LogP contribution in [0.25, 0.3) is 0 Å². The van der Waals surface area contributed by atoms with Crippen LogP contribution in [0.15, 0.2) is 22.8 Å². The summed E-state index contributed by atoms with van der Waals surface area (Å²) in [6.45, 7) is 4.11. The summed E-state index contributed by atoms with van der Waals surface area (Å²) < 4.78 is 31.3. The number of furan rings is 1. The van der Waals surface area contributed by atoms with E-state index in [1.165, 1.54) is 11.3 Å².